The van der Waals surface area contributed by atoms with Crippen LogP contribution in [0.2, 0.25) is 0 Å². The van der Waals surface area contributed by atoms with E-state index in [1.807, 2.05) is 31.2 Å². The van der Waals surface area contributed by atoms with Gasteiger partial charge in [0, 0.05) is 11.7 Å². The van der Waals surface area contributed by atoms with Gasteiger partial charge < -0.3 is 10.1 Å². The number of aryl methyl sites for hydroxylation is 1. The molecule has 2 nitrogen and oxygen atoms in total. The first-order valence-corrected chi connectivity index (χ1v) is 7.33. The average Bonchev–Trinajstić information content (AvgIpc) is 2.44. The number of ether oxygens (including phenoxy) is 1. The van der Waals surface area contributed by atoms with Crippen LogP contribution in [-0.2, 0) is 0 Å². The second-order valence-electron chi connectivity index (χ2n) is 5.72. The zero-order chi connectivity index (χ0) is 14.8. The maximum absolute atomic E-state index is 13.7. The molecule has 3 heteroatoms. The molecular weight excluding hydrogens is 265 g/mol. The predicted octanol–water partition coefficient (Wildman–Crippen LogP) is 4.50. The Kier molecular flexibility index (Phi) is 3.82. The van der Waals surface area contributed by atoms with Gasteiger partial charge in [0.2, 0.25) is 0 Å². The fourth-order valence-electron chi connectivity index (χ4n) is 3.00. The maximum Gasteiger partial charge on any atom is 0.126 e. The van der Waals surface area contributed by atoms with Gasteiger partial charge in [-0.05, 0) is 61.1 Å². The van der Waals surface area contributed by atoms with E-state index in [2.05, 4.69) is 11.4 Å². The van der Waals surface area contributed by atoms with Crippen molar-refractivity contribution in [1.82, 2.24) is 0 Å². The van der Waals surface area contributed by atoms with Crippen molar-refractivity contribution in [2.45, 2.75) is 31.7 Å². The molecule has 2 aromatic rings. The van der Waals surface area contributed by atoms with E-state index in [0.29, 0.717) is 12.0 Å². The van der Waals surface area contributed by atoms with Gasteiger partial charge in [0.25, 0.3) is 0 Å². The van der Waals surface area contributed by atoms with E-state index >= 15 is 0 Å². The molecule has 0 radical (unpaired) electrons. The standard InChI is InChI=1S/C18H20FNO/c1-12-9-14(7-8-18(12)21-2)20-15-10-13(11-15)16-5-3-4-6-17(16)19/h3-9,13,15,20H,10-11H2,1-2H3. The predicted molar refractivity (Wildman–Crippen MR) is 83.5 cm³/mol. The minimum Gasteiger partial charge on any atom is -0.496 e. The Morgan fingerprint density at radius 1 is 1.14 bits per heavy atom. The van der Waals surface area contributed by atoms with Gasteiger partial charge in [-0.2, -0.15) is 0 Å². The molecule has 1 N–H and O–H groups in total. The molecule has 110 valence electrons. The van der Waals surface area contributed by atoms with Crippen LogP contribution in [0.25, 0.3) is 0 Å². The Morgan fingerprint density at radius 2 is 1.90 bits per heavy atom. The summed E-state index contributed by atoms with van der Waals surface area (Å²) < 4.78 is 19.0. The summed E-state index contributed by atoms with van der Waals surface area (Å²) in [6, 6.07) is 13.6. The number of benzene rings is 2. The van der Waals surface area contributed by atoms with E-state index in [4.69, 9.17) is 4.74 Å². The number of hydrogen-bond acceptors (Lipinski definition) is 2. The molecule has 0 saturated heterocycles. The highest BCUT2D eigenvalue weighted by Gasteiger charge is 2.31. The third-order valence-electron chi connectivity index (χ3n) is 4.25. The molecule has 2 aromatic carbocycles. The Labute approximate surface area is 125 Å². The van der Waals surface area contributed by atoms with E-state index in [1.165, 1.54) is 0 Å². The van der Waals surface area contributed by atoms with Crippen LogP contribution in [0.3, 0.4) is 0 Å². The zero-order valence-electron chi connectivity index (χ0n) is 12.4. The van der Waals surface area contributed by atoms with Gasteiger partial charge in [-0.25, -0.2) is 4.39 Å². The minimum atomic E-state index is -0.0822. The SMILES string of the molecule is COc1ccc(NC2CC(c3ccccc3F)C2)cc1C. The van der Waals surface area contributed by atoms with Gasteiger partial charge in [0.05, 0.1) is 7.11 Å². The van der Waals surface area contributed by atoms with E-state index in [9.17, 15) is 4.39 Å². The summed E-state index contributed by atoms with van der Waals surface area (Å²) in [5.74, 6) is 1.16. The fourth-order valence-corrected chi connectivity index (χ4v) is 3.00. The molecule has 1 saturated carbocycles. The van der Waals surface area contributed by atoms with E-state index in [1.54, 1.807) is 19.2 Å². The van der Waals surface area contributed by atoms with Crippen molar-refractivity contribution < 1.29 is 9.13 Å². The lowest BCUT2D eigenvalue weighted by atomic mass is 9.75. The van der Waals surface area contributed by atoms with Crippen LogP contribution < -0.4 is 10.1 Å². The van der Waals surface area contributed by atoms with Gasteiger partial charge in [-0.3, -0.25) is 0 Å². The molecule has 21 heavy (non-hydrogen) atoms. The zero-order valence-corrected chi connectivity index (χ0v) is 12.4. The van der Waals surface area contributed by atoms with E-state index < -0.39 is 0 Å². The van der Waals surface area contributed by atoms with Crippen LogP contribution in [0.15, 0.2) is 42.5 Å². The van der Waals surface area contributed by atoms with Crippen molar-refractivity contribution in [2.24, 2.45) is 0 Å². The van der Waals surface area contributed by atoms with Crippen LogP contribution in [0.5, 0.6) is 5.75 Å². The average molecular weight is 285 g/mol. The highest BCUT2D eigenvalue weighted by Crippen LogP contribution is 2.39. The second-order valence-corrected chi connectivity index (χ2v) is 5.72. The quantitative estimate of drug-likeness (QED) is 0.893. The summed E-state index contributed by atoms with van der Waals surface area (Å²) in [5.41, 5.74) is 3.07. The number of methoxy groups -OCH3 is 1. The highest BCUT2D eigenvalue weighted by atomic mass is 19.1. The first-order chi connectivity index (χ1) is 10.2. The third kappa shape index (κ3) is 2.87. The summed E-state index contributed by atoms with van der Waals surface area (Å²) >= 11 is 0. The lowest BCUT2D eigenvalue weighted by Crippen LogP contribution is -2.34. The number of anilines is 1. The molecule has 0 bridgehead atoms. The lowest BCUT2D eigenvalue weighted by molar-refractivity contribution is 0.363. The fraction of sp³-hybridized carbons (Fsp3) is 0.333. The molecular formula is C18H20FNO. The van der Waals surface area contributed by atoms with Gasteiger partial charge >= 0.3 is 0 Å². The Bertz CT molecular complexity index is 635. The Hall–Kier alpha value is -2.03. The summed E-state index contributed by atoms with van der Waals surface area (Å²) in [6.45, 7) is 2.03. The number of halogens is 1. The summed E-state index contributed by atoms with van der Waals surface area (Å²) in [6.07, 6.45) is 1.96. The normalized spacial score (nSPS) is 20.7. The van der Waals surface area contributed by atoms with Crippen LogP contribution in [0.1, 0.15) is 29.9 Å². The summed E-state index contributed by atoms with van der Waals surface area (Å²) in [5, 5.41) is 3.51. The van der Waals surface area contributed by atoms with Crippen molar-refractivity contribution >= 4 is 5.69 Å². The van der Waals surface area contributed by atoms with Crippen LogP contribution in [0, 0.1) is 12.7 Å². The summed E-state index contributed by atoms with van der Waals surface area (Å²) in [7, 11) is 1.68. The van der Waals surface area contributed by atoms with Crippen LogP contribution in [0.4, 0.5) is 10.1 Å². The van der Waals surface area contributed by atoms with Gasteiger partial charge in [-0.1, -0.05) is 18.2 Å². The molecule has 0 heterocycles. The van der Waals surface area contributed by atoms with Gasteiger partial charge in [0.1, 0.15) is 11.6 Å². The number of hydrogen-bond donors (Lipinski definition) is 1. The smallest absolute Gasteiger partial charge is 0.126 e. The lowest BCUT2D eigenvalue weighted by Gasteiger charge is -2.37. The van der Waals surface area contributed by atoms with E-state index in [0.717, 1.165) is 35.4 Å². The van der Waals surface area contributed by atoms with Crippen molar-refractivity contribution in [3.63, 3.8) is 0 Å². The Balaban J connectivity index is 1.60. The van der Waals surface area contributed by atoms with Gasteiger partial charge in [0.15, 0.2) is 0 Å². The molecule has 0 spiro atoms. The molecule has 0 amide bonds. The van der Waals surface area contributed by atoms with E-state index in [-0.39, 0.29) is 5.82 Å². The Morgan fingerprint density at radius 3 is 2.57 bits per heavy atom. The third-order valence-corrected chi connectivity index (χ3v) is 4.25. The minimum absolute atomic E-state index is 0.0822. The molecule has 0 unspecified atom stereocenters. The molecule has 1 aliphatic rings. The topological polar surface area (TPSA) is 21.3 Å². The van der Waals surface area contributed by atoms with Crippen molar-refractivity contribution in [1.29, 1.82) is 0 Å². The van der Waals surface area contributed by atoms with Crippen molar-refractivity contribution in [2.75, 3.05) is 12.4 Å². The van der Waals surface area contributed by atoms with Gasteiger partial charge in [-0.15, -0.1) is 0 Å². The van der Waals surface area contributed by atoms with Crippen LogP contribution in [-0.4, -0.2) is 13.2 Å². The van der Waals surface area contributed by atoms with Crippen molar-refractivity contribution in [3.8, 4) is 5.75 Å². The number of nitrogens with one attached hydrogen (secondary N) is 1. The maximum atomic E-state index is 13.7. The first kappa shape index (κ1) is 13.9. The monoisotopic (exact) mass is 285 g/mol. The molecule has 1 aliphatic carbocycles. The van der Waals surface area contributed by atoms with Crippen LogP contribution >= 0.6 is 0 Å². The molecule has 1 fully saturated rings. The largest absolute Gasteiger partial charge is 0.496 e. The molecule has 0 atom stereocenters. The van der Waals surface area contributed by atoms with Crippen molar-refractivity contribution in [3.05, 3.63) is 59.4 Å². The molecule has 0 aliphatic heterocycles. The number of rotatable bonds is 4. The first-order valence-electron chi connectivity index (χ1n) is 7.33. The molecule has 0 aromatic heterocycles. The second kappa shape index (κ2) is 5.76. The molecule has 3 rings (SSSR count). The summed E-state index contributed by atoms with van der Waals surface area (Å²) in [4.78, 5) is 0. The highest BCUT2D eigenvalue weighted by molar-refractivity contribution is 5.52.